The van der Waals surface area contributed by atoms with E-state index in [0.29, 0.717) is 36.2 Å². The molecule has 2 aliphatic heterocycles. The number of H-pyrrole nitrogens is 1. The molecule has 0 radical (unpaired) electrons. The van der Waals surface area contributed by atoms with E-state index >= 15 is 0 Å². The van der Waals surface area contributed by atoms with Crippen LogP contribution in [0.4, 0.5) is 26.0 Å². The molecule has 3 aromatic rings. The van der Waals surface area contributed by atoms with Crippen LogP contribution in [0.1, 0.15) is 38.4 Å². The van der Waals surface area contributed by atoms with Crippen molar-refractivity contribution in [1.82, 2.24) is 20.2 Å². The van der Waals surface area contributed by atoms with Crippen molar-refractivity contribution in [2.75, 3.05) is 23.4 Å². The lowest BCUT2D eigenvalue weighted by molar-refractivity contribution is 0.0836. The number of benzene rings is 1. The Balaban J connectivity index is 1.75. The van der Waals surface area contributed by atoms with Gasteiger partial charge in [-0.25, -0.2) is 18.7 Å². The Labute approximate surface area is 178 Å². The molecule has 2 aliphatic rings. The van der Waals surface area contributed by atoms with Crippen LogP contribution in [0.2, 0.25) is 0 Å². The standard InChI is InChI=1S/C22H24F2N6O/c1-12-13(2)30(16-10-25-26-11-16)20-19(17-4-3-15(23)9-18(17)24)28-21(29-22(20)27-12)14-5-7-31-8-6-14/h3-4,9-14H,5-8H2,1-2H3,(H,25,26)(H,27,28,29). The van der Waals surface area contributed by atoms with Gasteiger partial charge in [-0.05, 0) is 38.8 Å². The average Bonchev–Trinajstić information content (AvgIpc) is 3.29. The summed E-state index contributed by atoms with van der Waals surface area (Å²) in [6.07, 6.45) is 5.12. The normalized spacial score (nSPS) is 21.6. The third-order valence-electron chi connectivity index (χ3n) is 6.17. The van der Waals surface area contributed by atoms with Gasteiger partial charge >= 0.3 is 0 Å². The third kappa shape index (κ3) is 3.52. The fraction of sp³-hybridized carbons (Fsp3) is 0.409. The van der Waals surface area contributed by atoms with Gasteiger partial charge in [0.05, 0.1) is 17.9 Å². The molecule has 0 amide bonds. The molecule has 31 heavy (non-hydrogen) atoms. The van der Waals surface area contributed by atoms with Crippen LogP contribution >= 0.6 is 0 Å². The molecular formula is C22H24F2N6O. The molecule has 0 aliphatic carbocycles. The van der Waals surface area contributed by atoms with Crippen molar-refractivity contribution in [3.63, 3.8) is 0 Å². The maximum absolute atomic E-state index is 14.9. The van der Waals surface area contributed by atoms with Gasteiger partial charge < -0.3 is 15.0 Å². The molecule has 1 saturated heterocycles. The molecular weight excluding hydrogens is 402 g/mol. The van der Waals surface area contributed by atoms with Crippen molar-refractivity contribution in [1.29, 1.82) is 0 Å². The Morgan fingerprint density at radius 2 is 1.94 bits per heavy atom. The number of hydrogen-bond acceptors (Lipinski definition) is 6. The van der Waals surface area contributed by atoms with E-state index in [0.717, 1.165) is 24.6 Å². The summed E-state index contributed by atoms with van der Waals surface area (Å²) in [5, 5.41) is 10.4. The zero-order chi connectivity index (χ0) is 21.5. The lowest BCUT2D eigenvalue weighted by Gasteiger charge is -2.41. The van der Waals surface area contributed by atoms with E-state index in [1.54, 1.807) is 12.4 Å². The first-order chi connectivity index (χ1) is 15.0. The van der Waals surface area contributed by atoms with Crippen molar-refractivity contribution in [3.8, 4) is 11.3 Å². The van der Waals surface area contributed by atoms with Gasteiger partial charge in [0.15, 0.2) is 5.82 Å². The Morgan fingerprint density at radius 3 is 2.65 bits per heavy atom. The lowest BCUT2D eigenvalue weighted by Crippen LogP contribution is -2.46. The van der Waals surface area contributed by atoms with Crippen LogP contribution in [-0.2, 0) is 4.74 Å². The topological polar surface area (TPSA) is 79.0 Å². The monoisotopic (exact) mass is 426 g/mol. The fourth-order valence-corrected chi connectivity index (χ4v) is 4.31. The molecule has 2 unspecified atom stereocenters. The summed E-state index contributed by atoms with van der Waals surface area (Å²) in [4.78, 5) is 11.8. The van der Waals surface area contributed by atoms with Gasteiger partial charge in [-0.15, -0.1) is 0 Å². The van der Waals surface area contributed by atoms with E-state index in [2.05, 4.69) is 34.3 Å². The number of rotatable bonds is 3. The highest BCUT2D eigenvalue weighted by Gasteiger charge is 2.36. The first-order valence-electron chi connectivity index (χ1n) is 10.5. The molecule has 9 heteroatoms. The van der Waals surface area contributed by atoms with E-state index in [4.69, 9.17) is 14.7 Å². The second-order valence-electron chi connectivity index (χ2n) is 8.14. The van der Waals surface area contributed by atoms with Gasteiger partial charge in [0, 0.05) is 43.0 Å². The minimum absolute atomic E-state index is 0.0184. The van der Waals surface area contributed by atoms with Gasteiger partial charge in [-0.2, -0.15) is 5.10 Å². The van der Waals surface area contributed by atoms with Crippen molar-refractivity contribution in [2.24, 2.45) is 0 Å². The predicted octanol–water partition coefficient (Wildman–Crippen LogP) is 4.38. The number of ether oxygens (including phenoxy) is 1. The lowest BCUT2D eigenvalue weighted by atomic mass is 9.97. The van der Waals surface area contributed by atoms with E-state index in [1.165, 1.54) is 12.1 Å². The SMILES string of the molecule is CC1Nc2nc(C3CCOCC3)nc(-c3ccc(F)cc3F)c2N(c2cn[nH]c2)C1C. The summed E-state index contributed by atoms with van der Waals surface area (Å²) >= 11 is 0. The number of aromatic amines is 1. The van der Waals surface area contributed by atoms with Gasteiger partial charge in [-0.1, -0.05) is 0 Å². The molecule has 2 aromatic heterocycles. The van der Waals surface area contributed by atoms with Crippen LogP contribution in [0.25, 0.3) is 11.3 Å². The molecule has 0 saturated carbocycles. The third-order valence-corrected chi connectivity index (χ3v) is 6.17. The highest BCUT2D eigenvalue weighted by Crippen LogP contribution is 2.45. The molecule has 0 bridgehead atoms. The molecule has 7 nitrogen and oxygen atoms in total. The molecule has 2 N–H and O–H groups in total. The minimum Gasteiger partial charge on any atom is -0.381 e. The molecule has 4 heterocycles. The first kappa shape index (κ1) is 19.9. The van der Waals surface area contributed by atoms with E-state index in [1.807, 2.05) is 0 Å². The summed E-state index contributed by atoms with van der Waals surface area (Å²) in [5.41, 5.74) is 2.17. The number of fused-ring (bicyclic) bond motifs is 1. The first-order valence-corrected chi connectivity index (χ1v) is 10.5. The Hall–Kier alpha value is -3.07. The maximum atomic E-state index is 14.9. The molecule has 162 valence electrons. The number of halogens is 2. The number of aromatic nitrogens is 4. The van der Waals surface area contributed by atoms with Gasteiger partial charge in [0.2, 0.25) is 0 Å². The van der Waals surface area contributed by atoms with Gasteiger partial charge in [0.25, 0.3) is 0 Å². The summed E-state index contributed by atoms with van der Waals surface area (Å²) in [6.45, 7) is 5.45. The zero-order valence-electron chi connectivity index (χ0n) is 17.4. The van der Waals surface area contributed by atoms with Crippen LogP contribution in [0.15, 0.2) is 30.6 Å². The van der Waals surface area contributed by atoms with Crippen molar-refractivity contribution in [3.05, 3.63) is 48.1 Å². The molecule has 1 aromatic carbocycles. The Bertz CT molecular complexity index is 1080. The summed E-state index contributed by atoms with van der Waals surface area (Å²) in [5.74, 6) is 0.141. The zero-order valence-corrected chi connectivity index (χ0v) is 17.4. The predicted molar refractivity (Wildman–Crippen MR) is 113 cm³/mol. The second-order valence-corrected chi connectivity index (χ2v) is 8.14. The Kier molecular flexibility index (Phi) is 5.05. The van der Waals surface area contributed by atoms with Crippen LogP contribution in [-0.4, -0.2) is 45.5 Å². The highest BCUT2D eigenvalue weighted by atomic mass is 19.1. The van der Waals surface area contributed by atoms with Gasteiger partial charge in [-0.3, -0.25) is 5.10 Å². The highest BCUT2D eigenvalue weighted by molar-refractivity contribution is 5.89. The molecule has 0 spiro atoms. The number of hydrogen-bond donors (Lipinski definition) is 2. The van der Waals surface area contributed by atoms with E-state index in [-0.39, 0.29) is 23.6 Å². The van der Waals surface area contributed by atoms with Crippen molar-refractivity contribution in [2.45, 2.75) is 44.7 Å². The molecule has 2 atom stereocenters. The number of anilines is 3. The summed E-state index contributed by atoms with van der Waals surface area (Å²) in [6, 6.07) is 3.68. The van der Waals surface area contributed by atoms with Crippen molar-refractivity contribution >= 4 is 17.2 Å². The largest absolute Gasteiger partial charge is 0.381 e. The second kappa shape index (κ2) is 7.88. The van der Waals surface area contributed by atoms with Crippen molar-refractivity contribution < 1.29 is 13.5 Å². The van der Waals surface area contributed by atoms with E-state index < -0.39 is 11.6 Å². The fourth-order valence-electron chi connectivity index (χ4n) is 4.31. The van der Waals surface area contributed by atoms with E-state index in [9.17, 15) is 8.78 Å². The molecule has 1 fully saturated rings. The van der Waals surface area contributed by atoms with Crippen LogP contribution in [0.5, 0.6) is 0 Å². The minimum atomic E-state index is -0.655. The van der Waals surface area contributed by atoms with Crippen LogP contribution in [0, 0.1) is 11.6 Å². The van der Waals surface area contributed by atoms with Gasteiger partial charge in [0.1, 0.15) is 28.8 Å². The maximum Gasteiger partial charge on any atom is 0.154 e. The average molecular weight is 426 g/mol. The van der Waals surface area contributed by atoms with Crippen LogP contribution < -0.4 is 10.2 Å². The summed E-state index contributed by atoms with van der Waals surface area (Å²) < 4.78 is 34.1. The quantitative estimate of drug-likeness (QED) is 0.647. The smallest absolute Gasteiger partial charge is 0.154 e. The number of nitrogens with one attached hydrogen (secondary N) is 2. The Morgan fingerprint density at radius 1 is 1.13 bits per heavy atom. The van der Waals surface area contributed by atoms with Crippen LogP contribution in [0.3, 0.4) is 0 Å². The number of nitrogens with zero attached hydrogens (tertiary/aromatic N) is 4. The summed E-state index contributed by atoms with van der Waals surface area (Å²) in [7, 11) is 0. The molecule has 5 rings (SSSR count).